The third-order valence-corrected chi connectivity index (χ3v) is 8.18. The van der Waals surface area contributed by atoms with Crippen LogP contribution in [0.4, 0.5) is 29.5 Å². The molecule has 188 valence electrons. The van der Waals surface area contributed by atoms with Gasteiger partial charge in [-0.15, -0.1) is 8.78 Å². The minimum atomic E-state index is -3.02. The Kier molecular flexibility index (Phi) is 7.21. The van der Waals surface area contributed by atoms with Crippen LogP contribution in [0.15, 0.2) is 36.5 Å². The minimum Gasteiger partial charge on any atom is -0.294 e. The number of carbonyl (C=O) groups is 3. The van der Waals surface area contributed by atoms with E-state index in [1.165, 1.54) is 23.2 Å². The van der Waals surface area contributed by atoms with Gasteiger partial charge in [0.25, 0.3) is 0 Å². The van der Waals surface area contributed by atoms with E-state index < -0.39 is 27.4 Å². The number of rotatable bonds is 4. The Labute approximate surface area is 201 Å². The Morgan fingerprint density at radius 3 is 2.23 bits per heavy atom. The third kappa shape index (κ3) is 5.61. The Bertz CT molecular complexity index is 1280. The molecule has 0 unspecified atom stereocenters. The van der Waals surface area contributed by atoms with Crippen molar-refractivity contribution in [3.8, 4) is 0 Å². The molecule has 1 amide bonds. The van der Waals surface area contributed by atoms with Gasteiger partial charge < -0.3 is 0 Å². The summed E-state index contributed by atoms with van der Waals surface area (Å²) in [5, 5.41) is 0. The Morgan fingerprint density at radius 1 is 1.09 bits per heavy atom. The van der Waals surface area contributed by atoms with E-state index in [1.807, 2.05) is 6.92 Å². The number of anilines is 2. The molecule has 1 saturated heterocycles. The first-order valence-corrected chi connectivity index (χ1v) is 12.7. The van der Waals surface area contributed by atoms with E-state index in [0.29, 0.717) is 29.8 Å². The number of aromatic nitrogens is 1. The molecule has 1 aromatic heterocycles. The molecule has 7 nitrogen and oxygen atoms in total. The molecule has 35 heavy (non-hydrogen) atoms. The molecular formula is C24H25F3N2O5S. The normalized spacial score (nSPS) is 19.4. The van der Waals surface area contributed by atoms with Gasteiger partial charge in [-0.2, -0.15) is 0 Å². The molecule has 0 spiro atoms. The standard InChI is InChI=1S/C23H25FN2O4S.CF2O/c1-22(2)16-12-15(19(27)13-23(3)8-10-31(29,30)11-9-23)14-25-20(16)26(21(22)28)18-7-5-4-6-17(18)24;2-1(3)4/h4-7,12,14H,8-11,13H2,1-3H3;. The van der Waals surface area contributed by atoms with E-state index in [2.05, 4.69) is 4.98 Å². The summed E-state index contributed by atoms with van der Waals surface area (Å²) in [6, 6.07) is 7.69. The number of fused-ring (bicyclic) bond motifs is 1. The number of hydrogen-bond acceptors (Lipinski definition) is 6. The van der Waals surface area contributed by atoms with E-state index in [-0.39, 0.29) is 40.7 Å². The van der Waals surface area contributed by atoms with Crippen LogP contribution in [0.2, 0.25) is 0 Å². The van der Waals surface area contributed by atoms with Crippen molar-refractivity contribution in [1.29, 1.82) is 0 Å². The van der Waals surface area contributed by atoms with Crippen molar-refractivity contribution < 1.29 is 36.0 Å². The van der Waals surface area contributed by atoms with Gasteiger partial charge in [-0.1, -0.05) is 19.1 Å². The maximum Gasteiger partial charge on any atom is 0.483 e. The van der Waals surface area contributed by atoms with Gasteiger partial charge in [-0.3, -0.25) is 14.5 Å². The summed E-state index contributed by atoms with van der Waals surface area (Å²) in [6.45, 7) is 5.41. The number of Topliss-reactive ketones (excluding diaryl/α,β-unsaturated/α-hetero) is 1. The predicted molar refractivity (Wildman–Crippen MR) is 123 cm³/mol. The second-order valence-electron chi connectivity index (χ2n) is 9.60. The topological polar surface area (TPSA) is 101 Å². The van der Waals surface area contributed by atoms with Crippen LogP contribution in [-0.4, -0.2) is 42.9 Å². The summed E-state index contributed by atoms with van der Waals surface area (Å²) < 4.78 is 57.3. The van der Waals surface area contributed by atoms with Crippen molar-refractivity contribution in [2.45, 2.75) is 45.4 Å². The highest BCUT2D eigenvalue weighted by molar-refractivity contribution is 7.91. The van der Waals surface area contributed by atoms with Crippen LogP contribution in [0.1, 0.15) is 56.0 Å². The maximum absolute atomic E-state index is 14.4. The van der Waals surface area contributed by atoms with E-state index in [4.69, 9.17) is 4.79 Å². The molecule has 0 aliphatic carbocycles. The van der Waals surface area contributed by atoms with Crippen LogP contribution in [0.25, 0.3) is 0 Å². The minimum absolute atomic E-state index is 0.0956. The summed E-state index contributed by atoms with van der Waals surface area (Å²) in [4.78, 5) is 39.9. The summed E-state index contributed by atoms with van der Waals surface area (Å²) in [6.07, 6.45) is -0.296. The molecule has 2 aromatic rings. The number of nitrogens with zero attached hydrogens (tertiary/aromatic N) is 2. The molecule has 2 aliphatic rings. The molecule has 1 fully saturated rings. The molecule has 0 radical (unpaired) electrons. The van der Waals surface area contributed by atoms with Crippen molar-refractivity contribution in [3.05, 3.63) is 53.5 Å². The molecule has 11 heteroatoms. The highest BCUT2D eigenvalue weighted by Crippen LogP contribution is 2.45. The number of pyridine rings is 1. The Morgan fingerprint density at radius 2 is 1.66 bits per heavy atom. The van der Waals surface area contributed by atoms with Gasteiger partial charge in [0.05, 0.1) is 22.6 Å². The van der Waals surface area contributed by atoms with Gasteiger partial charge in [-0.25, -0.2) is 22.6 Å². The van der Waals surface area contributed by atoms with Crippen molar-refractivity contribution in [2.75, 3.05) is 16.4 Å². The highest BCUT2D eigenvalue weighted by Gasteiger charge is 2.47. The largest absolute Gasteiger partial charge is 0.483 e. The van der Waals surface area contributed by atoms with Crippen LogP contribution in [-0.2, 0) is 20.0 Å². The van der Waals surface area contributed by atoms with Gasteiger partial charge in [0.1, 0.15) is 21.5 Å². The average molecular weight is 511 g/mol. The number of ketones is 1. The zero-order valence-corrected chi connectivity index (χ0v) is 20.3. The number of amides is 1. The second-order valence-corrected chi connectivity index (χ2v) is 11.9. The monoisotopic (exact) mass is 510 g/mol. The van der Waals surface area contributed by atoms with Gasteiger partial charge in [0.15, 0.2) is 5.78 Å². The second kappa shape index (κ2) is 9.52. The molecule has 0 bridgehead atoms. The van der Waals surface area contributed by atoms with Crippen molar-refractivity contribution in [1.82, 2.24) is 4.98 Å². The molecule has 2 aliphatic heterocycles. The third-order valence-electron chi connectivity index (χ3n) is 6.53. The van der Waals surface area contributed by atoms with Crippen LogP contribution >= 0.6 is 0 Å². The zero-order valence-electron chi connectivity index (χ0n) is 19.5. The van der Waals surface area contributed by atoms with Gasteiger partial charge in [0, 0.05) is 23.7 Å². The number of halogens is 3. The predicted octanol–water partition coefficient (Wildman–Crippen LogP) is 5.01. The van der Waals surface area contributed by atoms with E-state index >= 15 is 0 Å². The fraction of sp³-hybridized carbons (Fsp3) is 0.417. The summed E-state index contributed by atoms with van der Waals surface area (Å²) in [7, 11) is -3.02. The lowest BCUT2D eigenvalue weighted by atomic mass is 9.78. The van der Waals surface area contributed by atoms with Gasteiger partial charge in [-0.05, 0) is 50.3 Å². The number of sulfone groups is 1. The molecule has 0 saturated carbocycles. The first kappa shape index (κ1) is 26.5. The van der Waals surface area contributed by atoms with Crippen molar-refractivity contribution in [2.24, 2.45) is 5.41 Å². The molecule has 1 aromatic carbocycles. The number of carbonyl (C=O) groups excluding carboxylic acids is 3. The fourth-order valence-corrected chi connectivity index (χ4v) is 6.10. The summed E-state index contributed by atoms with van der Waals surface area (Å²) in [5.74, 6) is -0.455. The van der Waals surface area contributed by atoms with E-state index in [1.54, 1.807) is 32.0 Å². The molecule has 3 heterocycles. The molecule has 0 atom stereocenters. The average Bonchev–Trinajstić information content (AvgIpc) is 2.96. The van der Waals surface area contributed by atoms with Gasteiger partial charge in [0.2, 0.25) is 5.91 Å². The lowest BCUT2D eigenvalue weighted by Crippen LogP contribution is -2.33. The Hall–Kier alpha value is -3.08. The van der Waals surface area contributed by atoms with E-state index in [9.17, 15) is 31.2 Å². The van der Waals surface area contributed by atoms with Crippen LogP contribution < -0.4 is 4.90 Å². The first-order valence-electron chi connectivity index (χ1n) is 10.9. The van der Waals surface area contributed by atoms with E-state index in [0.717, 1.165) is 0 Å². The number of hydrogen-bond donors (Lipinski definition) is 0. The van der Waals surface area contributed by atoms with Crippen LogP contribution in [0, 0.1) is 11.2 Å². The lowest BCUT2D eigenvalue weighted by Gasteiger charge is -2.32. The number of benzene rings is 1. The Balaban J connectivity index is 0.000000795. The first-order chi connectivity index (χ1) is 16.2. The summed E-state index contributed by atoms with van der Waals surface area (Å²) in [5.41, 5.74) is -0.273. The van der Waals surface area contributed by atoms with Crippen molar-refractivity contribution in [3.63, 3.8) is 0 Å². The fourth-order valence-electron chi connectivity index (χ4n) is 4.29. The van der Waals surface area contributed by atoms with Gasteiger partial charge >= 0.3 is 6.29 Å². The van der Waals surface area contributed by atoms with Crippen molar-refractivity contribution >= 4 is 39.3 Å². The number of para-hydroxylation sites is 1. The maximum atomic E-state index is 14.4. The molecule has 0 N–H and O–H groups in total. The summed E-state index contributed by atoms with van der Waals surface area (Å²) >= 11 is 0. The quantitative estimate of drug-likeness (QED) is 0.423. The highest BCUT2D eigenvalue weighted by atomic mass is 32.2. The van der Waals surface area contributed by atoms with Crippen LogP contribution in [0.3, 0.4) is 0 Å². The smallest absolute Gasteiger partial charge is 0.294 e. The SMILES string of the molecule is CC1(CC(=O)c2cnc3c(c2)C(C)(C)C(=O)N3c2ccccc2F)CCS(=O)(=O)CC1.O=C(F)F. The molecular weight excluding hydrogens is 485 g/mol. The lowest BCUT2D eigenvalue weighted by molar-refractivity contribution is -0.121. The zero-order chi connectivity index (χ0) is 26.2. The molecule has 4 rings (SSSR count). The van der Waals surface area contributed by atoms with Crippen LogP contribution in [0.5, 0.6) is 0 Å².